The Morgan fingerprint density at radius 3 is 2.50 bits per heavy atom. The highest BCUT2D eigenvalue weighted by atomic mass is 16.1. The van der Waals surface area contributed by atoms with Crippen molar-refractivity contribution in [3.63, 3.8) is 0 Å². The lowest BCUT2D eigenvalue weighted by Gasteiger charge is -2.33. The Morgan fingerprint density at radius 1 is 1.42 bits per heavy atom. The first-order valence-electron chi connectivity index (χ1n) is 4.66. The fourth-order valence-corrected chi connectivity index (χ4v) is 1.73. The van der Waals surface area contributed by atoms with Gasteiger partial charge in [0.25, 0.3) is 0 Å². The van der Waals surface area contributed by atoms with E-state index in [1.54, 1.807) is 0 Å². The topological polar surface area (TPSA) is 55.1 Å². The van der Waals surface area contributed by atoms with Gasteiger partial charge in [-0.25, -0.2) is 0 Å². The van der Waals surface area contributed by atoms with Gasteiger partial charge in [-0.2, -0.15) is 0 Å². The number of rotatable bonds is 2. The van der Waals surface area contributed by atoms with Gasteiger partial charge < -0.3 is 11.1 Å². The van der Waals surface area contributed by atoms with Crippen LogP contribution in [0.5, 0.6) is 0 Å². The number of hydrogen-bond acceptors (Lipinski definition) is 2. The SMILES string of the molecule is CC(=O)NCC1(N)CCCCC1. The normalized spacial score (nSPS) is 21.8. The summed E-state index contributed by atoms with van der Waals surface area (Å²) in [4.78, 5) is 10.7. The second-order valence-electron chi connectivity index (χ2n) is 3.83. The van der Waals surface area contributed by atoms with E-state index in [1.165, 1.54) is 26.2 Å². The lowest BCUT2D eigenvalue weighted by atomic mass is 9.82. The summed E-state index contributed by atoms with van der Waals surface area (Å²) in [5.74, 6) is 0.0189. The van der Waals surface area contributed by atoms with E-state index in [-0.39, 0.29) is 11.4 Å². The molecule has 0 aliphatic heterocycles. The second-order valence-corrected chi connectivity index (χ2v) is 3.83. The van der Waals surface area contributed by atoms with Crippen molar-refractivity contribution in [3.8, 4) is 0 Å². The van der Waals surface area contributed by atoms with Crippen LogP contribution in [0.3, 0.4) is 0 Å². The third-order valence-electron chi connectivity index (χ3n) is 2.54. The first-order valence-corrected chi connectivity index (χ1v) is 4.66. The molecular formula is C9H18N2O. The molecule has 1 aliphatic carbocycles. The number of hydrogen-bond donors (Lipinski definition) is 2. The van der Waals surface area contributed by atoms with E-state index in [1.807, 2.05) is 0 Å². The molecule has 3 heteroatoms. The van der Waals surface area contributed by atoms with Gasteiger partial charge in [-0.1, -0.05) is 19.3 Å². The van der Waals surface area contributed by atoms with Crippen LogP contribution in [0, 0.1) is 0 Å². The first-order chi connectivity index (χ1) is 5.62. The summed E-state index contributed by atoms with van der Waals surface area (Å²) in [6, 6.07) is 0. The molecule has 3 nitrogen and oxygen atoms in total. The fourth-order valence-electron chi connectivity index (χ4n) is 1.73. The minimum Gasteiger partial charge on any atom is -0.355 e. The molecule has 1 saturated carbocycles. The summed E-state index contributed by atoms with van der Waals surface area (Å²) in [6.45, 7) is 2.18. The Morgan fingerprint density at radius 2 is 2.00 bits per heavy atom. The molecule has 0 heterocycles. The van der Waals surface area contributed by atoms with E-state index in [9.17, 15) is 4.79 Å². The van der Waals surface area contributed by atoms with Crippen molar-refractivity contribution in [3.05, 3.63) is 0 Å². The molecule has 0 unspecified atom stereocenters. The van der Waals surface area contributed by atoms with Crippen molar-refractivity contribution in [2.75, 3.05) is 6.54 Å². The number of nitrogens with one attached hydrogen (secondary N) is 1. The number of carbonyl (C=O) groups is 1. The maximum absolute atomic E-state index is 10.7. The van der Waals surface area contributed by atoms with E-state index in [4.69, 9.17) is 5.73 Å². The molecule has 0 atom stereocenters. The fraction of sp³-hybridized carbons (Fsp3) is 0.889. The van der Waals surface area contributed by atoms with Crippen LogP contribution < -0.4 is 11.1 Å². The summed E-state index contributed by atoms with van der Waals surface area (Å²) < 4.78 is 0. The molecule has 1 rings (SSSR count). The van der Waals surface area contributed by atoms with Crippen LogP contribution in [-0.2, 0) is 4.79 Å². The van der Waals surface area contributed by atoms with Crippen LogP contribution in [-0.4, -0.2) is 18.0 Å². The van der Waals surface area contributed by atoms with Gasteiger partial charge in [-0.15, -0.1) is 0 Å². The molecule has 1 aliphatic rings. The van der Waals surface area contributed by atoms with Gasteiger partial charge in [-0.05, 0) is 12.8 Å². The van der Waals surface area contributed by atoms with Crippen molar-refractivity contribution < 1.29 is 4.79 Å². The maximum Gasteiger partial charge on any atom is 0.216 e. The smallest absolute Gasteiger partial charge is 0.216 e. The van der Waals surface area contributed by atoms with Crippen molar-refractivity contribution in [2.24, 2.45) is 5.73 Å². The Balaban J connectivity index is 2.31. The molecule has 0 spiro atoms. The maximum atomic E-state index is 10.7. The molecule has 0 saturated heterocycles. The predicted molar refractivity (Wildman–Crippen MR) is 48.7 cm³/mol. The second kappa shape index (κ2) is 3.90. The Kier molecular flexibility index (Phi) is 3.09. The molecular weight excluding hydrogens is 152 g/mol. The van der Waals surface area contributed by atoms with Crippen molar-refractivity contribution in [1.82, 2.24) is 5.32 Å². The zero-order valence-corrected chi connectivity index (χ0v) is 7.73. The monoisotopic (exact) mass is 170 g/mol. The van der Waals surface area contributed by atoms with Gasteiger partial charge in [0.15, 0.2) is 0 Å². The molecule has 0 aromatic carbocycles. The molecule has 1 amide bonds. The summed E-state index contributed by atoms with van der Waals surface area (Å²) >= 11 is 0. The largest absolute Gasteiger partial charge is 0.355 e. The number of amides is 1. The lowest BCUT2D eigenvalue weighted by Crippen LogP contribution is -2.50. The Labute approximate surface area is 73.7 Å². The van der Waals surface area contributed by atoms with Gasteiger partial charge in [0.1, 0.15) is 0 Å². The van der Waals surface area contributed by atoms with Crippen LogP contribution in [0.1, 0.15) is 39.0 Å². The number of carbonyl (C=O) groups excluding carboxylic acids is 1. The molecule has 0 aromatic heterocycles. The quantitative estimate of drug-likeness (QED) is 0.643. The third-order valence-corrected chi connectivity index (χ3v) is 2.54. The van der Waals surface area contributed by atoms with Crippen LogP contribution >= 0.6 is 0 Å². The van der Waals surface area contributed by atoms with E-state index < -0.39 is 0 Å². The van der Waals surface area contributed by atoms with Crippen LogP contribution in [0.2, 0.25) is 0 Å². The molecule has 0 radical (unpaired) electrons. The first kappa shape index (κ1) is 9.52. The highest BCUT2D eigenvalue weighted by molar-refractivity contribution is 5.72. The molecule has 12 heavy (non-hydrogen) atoms. The predicted octanol–water partition coefficient (Wildman–Crippen LogP) is 0.784. The zero-order chi connectivity index (χ0) is 9.03. The van der Waals surface area contributed by atoms with Crippen LogP contribution in [0.15, 0.2) is 0 Å². The highest BCUT2D eigenvalue weighted by Gasteiger charge is 2.26. The third kappa shape index (κ3) is 2.81. The van der Waals surface area contributed by atoms with Crippen molar-refractivity contribution in [1.29, 1.82) is 0 Å². The molecule has 0 aromatic rings. The minimum atomic E-state index is -0.121. The average molecular weight is 170 g/mol. The summed E-state index contributed by atoms with van der Waals surface area (Å²) in [5.41, 5.74) is 5.97. The Hall–Kier alpha value is -0.570. The molecule has 70 valence electrons. The van der Waals surface area contributed by atoms with Crippen molar-refractivity contribution >= 4 is 5.91 Å². The molecule has 3 N–H and O–H groups in total. The summed E-state index contributed by atoms with van der Waals surface area (Å²) in [6.07, 6.45) is 5.80. The average Bonchev–Trinajstić information content (AvgIpc) is 2.03. The standard InChI is InChI=1S/C9H18N2O/c1-8(12)11-7-9(10)5-3-2-4-6-9/h2-7,10H2,1H3,(H,11,12). The van der Waals surface area contributed by atoms with Crippen molar-refractivity contribution in [2.45, 2.75) is 44.6 Å². The van der Waals surface area contributed by atoms with E-state index in [0.29, 0.717) is 6.54 Å². The van der Waals surface area contributed by atoms with Crippen LogP contribution in [0.25, 0.3) is 0 Å². The number of nitrogens with two attached hydrogens (primary N) is 1. The van der Waals surface area contributed by atoms with Gasteiger partial charge in [0, 0.05) is 19.0 Å². The summed E-state index contributed by atoms with van der Waals surface area (Å²) in [7, 11) is 0. The van der Waals surface area contributed by atoms with E-state index in [0.717, 1.165) is 12.8 Å². The van der Waals surface area contributed by atoms with E-state index >= 15 is 0 Å². The van der Waals surface area contributed by atoms with Crippen LogP contribution in [0.4, 0.5) is 0 Å². The van der Waals surface area contributed by atoms with Gasteiger partial charge in [0.05, 0.1) is 0 Å². The van der Waals surface area contributed by atoms with E-state index in [2.05, 4.69) is 5.32 Å². The minimum absolute atomic E-state index is 0.0189. The highest BCUT2D eigenvalue weighted by Crippen LogP contribution is 2.24. The lowest BCUT2D eigenvalue weighted by molar-refractivity contribution is -0.119. The molecule has 1 fully saturated rings. The van der Waals surface area contributed by atoms with Gasteiger partial charge in [0.2, 0.25) is 5.91 Å². The van der Waals surface area contributed by atoms with Gasteiger partial charge >= 0.3 is 0 Å². The Bertz CT molecular complexity index is 162. The van der Waals surface area contributed by atoms with Gasteiger partial charge in [-0.3, -0.25) is 4.79 Å². The molecule has 0 bridgehead atoms. The summed E-state index contributed by atoms with van der Waals surface area (Å²) in [5, 5.41) is 2.79. The zero-order valence-electron chi connectivity index (χ0n) is 7.73.